The van der Waals surface area contributed by atoms with Crippen LogP contribution in [-0.4, -0.2) is 60.2 Å². The Labute approximate surface area is 122 Å². The van der Waals surface area contributed by atoms with Gasteiger partial charge in [0.05, 0.1) is 6.54 Å². The van der Waals surface area contributed by atoms with Crippen LogP contribution in [0.25, 0.3) is 0 Å². The van der Waals surface area contributed by atoms with Crippen LogP contribution >= 0.6 is 0 Å². The highest BCUT2D eigenvalue weighted by molar-refractivity contribution is 5.18. The lowest BCUT2D eigenvalue weighted by molar-refractivity contribution is -0.149. The molecule has 0 bridgehead atoms. The molecule has 1 aliphatic heterocycles. The Morgan fingerprint density at radius 3 is 2.38 bits per heavy atom. The molecule has 21 heavy (non-hydrogen) atoms. The second-order valence-electron chi connectivity index (χ2n) is 5.41. The first-order chi connectivity index (χ1) is 9.89. The van der Waals surface area contributed by atoms with Crippen molar-refractivity contribution in [3.63, 3.8) is 0 Å². The van der Waals surface area contributed by atoms with E-state index in [0.29, 0.717) is 32.7 Å². The molecular formula is C14H21F3N4. The lowest BCUT2D eigenvalue weighted by Gasteiger charge is -2.39. The van der Waals surface area contributed by atoms with Gasteiger partial charge in [-0.3, -0.25) is 14.8 Å². The standard InChI is InChI=1S/C14H21F3N4/c1-11-2-3-12(9-19-11)13(8-18)21-6-4-20(5-7-21)10-14(15,16)17/h2-3,9,13H,4-8,10,18H2,1H3. The Morgan fingerprint density at radius 1 is 1.24 bits per heavy atom. The van der Waals surface area contributed by atoms with Crippen molar-refractivity contribution in [2.75, 3.05) is 39.3 Å². The van der Waals surface area contributed by atoms with Gasteiger partial charge in [-0.15, -0.1) is 0 Å². The molecule has 1 atom stereocenters. The number of alkyl halides is 3. The van der Waals surface area contributed by atoms with Crippen LogP contribution in [0.1, 0.15) is 17.3 Å². The van der Waals surface area contributed by atoms with E-state index in [1.54, 1.807) is 6.20 Å². The van der Waals surface area contributed by atoms with Crippen molar-refractivity contribution in [2.45, 2.75) is 19.1 Å². The molecule has 0 saturated carbocycles. The van der Waals surface area contributed by atoms with E-state index in [2.05, 4.69) is 9.88 Å². The van der Waals surface area contributed by atoms with E-state index < -0.39 is 12.7 Å². The monoisotopic (exact) mass is 302 g/mol. The molecular weight excluding hydrogens is 281 g/mol. The van der Waals surface area contributed by atoms with E-state index in [0.717, 1.165) is 11.3 Å². The molecule has 1 aliphatic rings. The predicted molar refractivity (Wildman–Crippen MR) is 74.8 cm³/mol. The number of rotatable bonds is 4. The fraction of sp³-hybridized carbons (Fsp3) is 0.643. The van der Waals surface area contributed by atoms with Gasteiger partial charge < -0.3 is 5.73 Å². The minimum Gasteiger partial charge on any atom is -0.329 e. The van der Waals surface area contributed by atoms with Crippen LogP contribution in [0.3, 0.4) is 0 Å². The summed E-state index contributed by atoms with van der Waals surface area (Å²) in [5, 5.41) is 0. The number of hydrogen-bond donors (Lipinski definition) is 1. The average molecular weight is 302 g/mol. The van der Waals surface area contributed by atoms with Crippen LogP contribution < -0.4 is 5.73 Å². The first-order valence-electron chi connectivity index (χ1n) is 7.05. The summed E-state index contributed by atoms with van der Waals surface area (Å²) in [6, 6.07) is 3.94. The summed E-state index contributed by atoms with van der Waals surface area (Å²) in [6.45, 7) is 3.52. The Hall–Kier alpha value is -1.18. The maximum absolute atomic E-state index is 12.4. The molecule has 4 nitrogen and oxygen atoms in total. The van der Waals surface area contributed by atoms with E-state index in [9.17, 15) is 13.2 Å². The molecule has 0 aliphatic carbocycles. The van der Waals surface area contributed by atoms with Gasteiger partial charge in [0.1, 0.15) is 0 Å². The van der Waals surface area contributed by atoms with Crippen LogP contribution in [0.4, 0.5) is 13.2 Å². The summed E-state index contributed by atoms with van der Waals surface area (Å²) in [4.78, 5) is 7.84. The van der Waals surface area contributed by atoms with Gasteiger partial charge in [-0.2, -0.15) is 13.2 Å². The molecule has 7 heteroatoms. The molecule has 1 unspecified atom stereocenters. The Morgan fingerprint density at radius 2 is 1.90 bits per heavy atom. The second kappa shape index (κ2) is 6.72. The zero-order chi connectivity index (χ0) is 15.5. The molecule has 0 radical (unpaired) electrons. The van der Waals surface area contributed by atoms with Crippen LogP contribution in [-0.2, 0) is 0 Å². The number of pyridine rings is 1. The van der Waals surface area contributed by atoms with E-state index in [-0.39, 0.29) is 6.04 Å². The van der Waals surface area contributed by atoms with Gasteiger partial charge in [-0.05, 0) is 18.6 Å². The lowest BCUT2D eigenvalue weighted by atomic mass is 10.1. The summed E-state index contributed by atoms with van der Waals surface area (Å²) < 4.78 is 37.1. The van der Waals surface area contributed by atoms with Gasteiger partial charge in [0, 0.05) is 50.7 Å². The van der Waals surface area contributed by atoms with Gasteiger partial charge in [-0.25, -0.2) is 0 Å². The number of aryl methyl sites for hydroxylation is 1. The summed E-state index contributed by atoms with van der Waals surface area (Å²) in [5.74, 6) is 0. The zero-order valence-corrected chi connectivity index (χ0v) is 12.1. The number of piperazine rings is 1. The molecule has 118 valence electrons. The van der Waals surface area contributed by atoms with Crippen LogP contribution in [0.2, 0.25) is 0 Å². The maximum atomic E-state index is 12.4. The van der Waals surface area contributed by atoms with Gasteiger partial charge in [0.25, 0.3) is 0 Å². The topological polar surface area (TPSA) is 45.4 Å². The SMILES string of the molecule is Cc1ccc(C(CN)N2CCN(CC(F)(F)F)CC2)cn1. The second-order valence-corrected chi connectivity index (χ2v) is 5.41. The lowest BCUT2D eigenvalue weighted by Crippen LogP contribution is -2.51. The maximum Gasteiger partial charge on any atom is 0.401 e. The molecule has 0 spiro atoms. The van der Waals surface area contributed by atoms with E-state index in [4.69, 9.17) is 5.73 Å². The molecule has 2 heterocycles. The highest BCUT2D eigenvalue weighted by Crippen LogP contribution is 2.22. The average Bonchev–Trinajstić information content (AvgIpc) is 2.42. The predicted octanol–water partition coefficient (Wildman–Crippen LogP) is 1.57. The third kappa shape index (κ3) is 4.66. The van der Waals surface area contributed by atoms with Crippen LogP contribution in [0.5, 0.6) is 0 Å². The van der Waals surface area contributed by atoms with E-state index >= 15 is 0 Å². The Balaban J connectivity index is 1.95. The minimum absolute atomic E-state index is 0.0196. The van der Waals surface area contributed by atoms with Crippen molar-refractivity contribution in [3.8, 4) is 0 Å². The quantitative estimate of drug-likeness (QED) is 0.917. The molecule has 0 aromatic carbocycles. The van der Waals surface area contributed by atoms with E-state index in [1.165, 1.54) is 4.90 Å². The summed E-state index contributed by atoms with van der Waals surface area (Å²) in [7, 11) is 0. The van der Waals surface area contributed by atoms with Gasteiger partial charge in [0.15, 0.2) is 0 Å². The van der Waals surface area contributed by atoms with Crippen LogP contribution in [0.15, 0.2) is 18.3 Å². The Bertz CT molecular complexity index is 439. The fourth-order valence-electron chi connectivity index (χ4n) is 2.66. The van der Waals surface area contributed by atoms with E-state index in [1.807, 2.05) is 19.1 Å². The third-order valence-electron chi connectivity index (χ3n) is 3.79. The van der Waals surface area contributed by atoms with Crippen LogP contribution in [0, 0.1) is 6.92 Å². The summed E-state index contributed by atoms with van der Waals surface area (Å²) in [5.41, 5.74) is 7.80. The van der Waals surface area contributed by atoms with Crippen molar-refractivity contribution < 1.29 is 13.2 Å². The minimum atomic E-state index is -4.13. The number of aromatic nitrogens is 1. The first kappa shape index (κ1) is 16.2. The molecule has 2 rings (SSSR count). The number of hydrogen-bond acceptors (Lipinski definition) is 4. The molecule has 1 aromatic heterocycles. The largest absolute Gasteiger partial charge is 0.401 e. The molecule has 0 amide bonds. The fourth-order valence-corrected chi connectivity index (χ4v) is 2.66. The van der Waals surface area contributed by atoms with Gasteiger partial charge >= 0.3 is 6.18 Å². The molecule has 1 saturated heterocycles. The normalized spacial score (nSPS) is 19.7. The summed E-state index contributed by atoms with van der Waals surface area (Å²) >= 11 is 0. The highest BCUT2D eigenvalue weighted by Gasteiger charge is 2.33. The van der Waals surface area contributed by atoms with Crippen molar-refractivity contribution >= 4 is 0 Å². The van der Waals surface area contributed by atoms with Gasteiger partial charge in [0.2, 0.25) is 0 Å². The Kier molecular flexibility index (Phi) is 5.18. The summed E-state index contributed by atoms with van der Waals surface area (Å²) in [6.07, 6.45) is -2.33. The zero-order valence-electron chi connectivity index (χ0n) is 12.1. The third-order valence-corrected chi connectivity index (χ3v) is 3.79. The highest BCUT2D eigenvalue weighted by atomic mass is 19.4. The number of halogens is 3. The van der Waals surface area contributed by atoms with Gasteiger partial charge in [-0.1, -0.05) is 6.07 Å². The molecule has 2 N–H and O–H groups in total. The van der Waals surface area contributed by atoms with Crippen molar-refractivity contribution in [1.82, 2.24) is 14.8 Å². The smallest absolute Gasteiger partial charge is 0.329 e. The first-order valence-corrected chi connectivity index (χ1v) is 7.05. The van der Waals surface area contributed by atoms with Crippen molar-refractivity contribution in [2.24, 2.45) is 5.73 Å². The number of nitrogens with two attached hydrogens (primary N) is 1. The molecule has 1 aromatic rings. The number of nitrogens with zero attached hydrogens (tertiary/aromatic N) is 3. The van der Waals surface area contributed by atoms with Crippen molar-refractivity contribution in [3.05, 3.63) is 29.6 Å². The van der Waals surface area contributed by atoms with Crippen molar-refractivity contribution in [1.29, 1.82) is 0 Å². The molecule has 1 fully saturated rings.